The van der Waals surface area contributed by atoms with Crippen LogP contribution in [0.15, 0.2) is 22.7 Å². The van der Waals surface area contributed by atoms with Crippen molar-refractivity contribution in [1.82, 2.24) is 0 Å². The molecule has 1 aromatic carbocycles. The first-order valence-electron chi connectivity index (χ1n) is 4.75. The molecule has 2 rings (SSSR count). The molecule has 0 amide bonds. The second kappa shape index (κ2) is 4.41. The van der Waals surface area contributed by atoms with Crippen LogP contribution in [0.25, 0.3) is 0 Å². The van der Waals surface area contributed by atoms with Crippen LogP contribution in [0.3, 0.4) is 0 Å². The molecule has 1 fully saturated rings. The predicted molar refractivity (Wildman–Crippen MR) is 57.0 cm³/mol. The second-order valence-electron chi connectivity index (χ2n) is 3.49. The number of hydrogen-bond donors (Lipinski definition) is 0. The quantitative estimate of drug-likeness (QED) is 0.786. The van der Waals surface area contributed by atoms with Gasteiger partial charge >= 0.3 is 0 Å². The van der Waals surface area contributed by atoms with Gasteiger partial charge in [-0.25, -0.2) is 4.39 Å². The number of Topliss-reactive ketones (excluding diaryl/α,β-unsaturated/α-hetero) is 1. The van der Waals surface area contributed by atoms with Gasteiger partial charge in [-0.3, -0.25) is 4.79 Å². The van der Waals surface area contributed by atoms with E-state index in [0.717, 1.165) is 0 Å². The first kappa shape index (κ1) is 10.8. The topological polar surface area (TPSA) is 26.3 Å². The average Bonchev–Trinajstić information content (AvgIpc) is 2.17. The van der Waals surface area contributed by atoms with Gasteiger partial charge in [-0.15, -0.1) is 0 Å². The number of hydrogen-bond acceptors (Lipinski definition) is 2. The van der Waals surface area contributed by atoms with Crippen molar-refractivity contribution >= 4 is 21.7 Å². The number of carbonyl (C=O) groups excluding carboxylic acids is 1. The molecule has 0 saturated carbocycles. The highest BCUT2D eigenvalue weighted by molar-refractivity contribution is 9.10. The van der Waals surface area contributed by atoms with E-state index in [1.807, 2.05) is 0 Å². The third kappa shape index (κ3) is 2.26. The van der Waals surface area contributed by atoms with Crippen LogP contribution < -0.4 is 0 Å². The van der Waals surface area contributed by atoms with E-state index in [-0.39, 0.29) is 18.0 Å². The van der Waals surface area contributed by atoms with Crippen molar-refractivity contribution in [3.05, 3.63) is 34.1 Å². The van der Waals surface area contributed by atoms with Gasteiger partial charge in [-0.2, -0.15) is 0 Å². The normalized spacial score (nSPS) is 21.7. The van der Waals surface area contributed by atoms with E-state index in [4.69, 9.17) is 4.74 Å². The van der Waals surface area contributed by atoms with Gasteiger partial charge in [0.15, 0.2) is 0 Å². The van der Waals surface area contributed by atoms with Crippen LogP contribution >= 0.6 is 15.9 Å². The summed E-state index contributed by atoms with van der Waals surface area (Å²) in [6.07, 6.45) is 0.254. The Morgan fingerprint density at radius 3 is 2.93 bits per heavy atom. The number of halogens is 2. The van der Waals surface area contributed by atoms with Crippen molar-refractivity contribution in [2.45, 2.75) is 18.9 Å². The predicted octanol–water partition coefficient (Wildman–Crippen LogP) is 3.01. The molecule has 1 saturated heterocycles. The van der Waals surface area contributed by atoms with Gasteiger partial charge in [0, 0.05) is 22.9 Å². The first-order chi connectivity index (χ1) is 7.18. The summed E-state index contributed by atoms with van der Waals surface area (Å²) < 4.78 is 19.6. The highest BCUT2D eigenvalue weighted by Gasteiger charge is 2.25. The summed E-state index contributed by atoms with van der Waals surface area (Å²) in [5.74, 6) is -0.203. The maximum Gasteiger partial charge on any atom is 0.138 e. The van der Waals surface area contributed by atoms with Crippen molar-refractivity contribution in [3.63, 3.8) is 0 Å². The molecular formula is C11H10BrFO2. The molecule has 1 aliphatic heterocycles. The first-order valence-corrected chi connectivity index (χ1v) is 5.55. The SMILES string of the molecule is O=C1CCOC(c2c(F)cccc2Br)C1. The lowest BCUT2D eigenvalue weighted by Gasteiger charge is -2.23. The van der Waals surface area contributed by atoms with Crippen LogP contribution in [0.4, 0.5) is 4.39 Å². The van der Waals surface area contributed by atoms with E-state index >= 15 is 0 Å². The summed E-state index contributed by atoms with van der Waals surface area (Å²) in [4.78, 5) is 11.3. The largest absolute Gasteiger partial charge is 0.372 e. The standard InChI is InChI=1S/C11H10BrFO2/c12-8-2-1-3-9(13)11(8)10-6-7(14)4-5-15-10/h1-3,10H,4-6H2. The highest BCUT2D eigenvalue weighted by Crippen LogP contribution is 2.33. The van der Waals surface area contributed by atoms with Crippen LogP contribution in [0.1, 0.15) is 24.5 Å². The molecule has 1 aliphatic rings. The Kier molecular flexibility index (Phi) is 3.17. The maximum absolute atomic E-state index is 13.5. The maximum atomic E-state index is 13.5. The molecule has 1 atom stereocenters. The molecular weight excluding hydrogens is 263 g/mol. The van der Waals surface area contributed by atoms with Gasteiger partial charge in [0.1, 0.15) is 11.6 Å². The average molecular weight is 273 g/mol. The molecule has 15 heavy (non-hydrogen) atoms. The van der Waals surface area contributed by atoms with Gasteiger partial charge < -0.3 is 4.74 Å². The Hall–Kier alpha value is -0.740. The molecule has 4 heteroatoms. The molecule has 80 valence electrons. The van der Waals surface area contributed by atoms with Gasteiger partial charge in [0.25, 0.3) is 0 Å². The Labute approximate surface area is 95.6 Å². The van der Waals surface area contributed by atoms with E-state index in [9.17, 15) is 9.18 Å². The molecule has 0 N–H and O–H groups in total. The molecule has 0 radical (unpaired) electrons. The van der Waals surface area contributed by atoms with Crippen molar-refractivity contribution in [2.24, 2.45) is 0 Å². The molecule has 1 aromatic rings. The van der Waals surface area contributed by atoms with Crippen LogP contribution in [-0.4, -0.2) is 12.4 Å². The lowest BCUT2D eigenvalue weighted by Crippen LogP contribution is -2.20. The van der Waals surface area contributed by atoms with Crippen molar-refractivity contribution in [1.29, 1.82) is 0 Å². The summed E-state index contributed by atoms with van der Waals surface area (Å²) in [6.45, 7) is 0.379. The molecule has 0 aromatic heterocycles. The summed E-state index contributed by atoms with van der Waals surface area (Å²) in [5.41, 5.74) is 0.450. The minimum Gasteiger partial charge on any atom is -0.372 e. The summed E-state index contributed by atoms with van der Waals surface area (Å²) in [7, 11) is 0. The second-order valence-corrected chi connectivity index (χ2v) is 4.34. The molecule has 0 aliphatic carbocycles. The number of benzene rings is 1. The van der Waals surface area contributed by atoms with Gasteiger partial charge in [-0.1, -0.05) is 22.0 Å². The number of ether oxygens (including phenoxy) is 1. The van der Waals surface area contributed by atoms with Crippen molar-refractivity contribution in [2.75, 3.05) is 6.61 Å². The molecule has 1 unspecified atom stereocenters. The number of rotatable bonds is 1. The molecule has 1 heterocycles. The van der Waals surface area contributed by atoms with E-state index in [1.54, 1.807) is 12.1 Å². The Bertz CT molecular complexity index is 372. The summed E-state index contributed by atoms with van der Waals surface area (Å²) in [5, 5.41) is 0. The fourth-order valence-corrected chi connectivity index (χ4v) is 2.28. The van der Waals surface area contributed by atoms with E-state index < -0.39 is 6.10 Å². The smallest absolute Gasteiger partial charge is 0.138 e. The van der Waals surface area contributed by atoms with Crippen molar-refractivity contribution < 1.29 is 13.9 Å². The lowest BCUT2D eigenvalue weighted by atomic mass is 10.0. The minimum absolute atomic E-state index is 0.126. The lowest BCUT2D eigenvalue weighted by molar-refractivity contribution is -0.128. The molecule has 0 spiro atoms. The fraction of sp³-hybridized carbons (Fsp3) is 0.364. The monoisotopic (exact) mass is 272 g/mol. The van der Waals surface area contributed by atoms with E-state index in [1.165, 1.54) is 6.07 Å². The van der Waals surface area contributed by atoms with Crippen LogP contribution in [0, 0.1) is 5.82 Å². The fourth-order valence-electron chi connectivity index (χ4n) is 1.69. The number of ketones is 1. The highest BCUT2D eigenvalue weighted by atomic mass is 79.9. The number of carbonyl (C=O) groups is 1. The van der Waals surface area contributed by atoms with Crippen LogP contribution in [0.2, 0.25) is 0 Å². The third-order valence-electron chi connectivity index (χ3n) is 2.43. The van der Waals surface area contributed by atoms with E-state index in [0.29, 0.717) is 23.1 Å². The Morgan fingerprint density at radius 2 is 2.27 bits per heavy atom. The van der Waals surface area contributed by atoms with Crippen LogP contribution in [-0.2, 0) is 9.53 Å². The third-order valence-corrected chi connectivity index (χ3v) is 3.13. The minimum atomic E-state index is -0.443. The van der Waals surface area contributed by atoms with Crippen molar-refractivity contribution in [3.8, 4) is 0 Å². The Balaban J connectivity index is 2.32. The summed E-state index contributed by atoms with van der Waals surface area (Å²) >= 11 is 3.27. The summed E-state index contributed by atoms with van der Waals surface area (Å²) in [6, 6.07) is 4.75. The zero-order chi connectivity index (χ0) is 10.8. The van der Waals surface area contributed by atoms with E-state index in [2.05, 4.69) is 15.9 Å². The van der Waals surface area contributed by atoms with Gasteiger partial charge in [0.05, 0.1) is 12.7 Å². The molecule has 0 bridgehead atoms. The van der Waals surface area contributed by atoms with Gasteiger partial charge in [-0.05, 0) is 12.1 Å². The zero-order valence-electron chi connectivity index (χ0n) is 8.00. The van der Waals surface area contributed by atoms with Gasteiger partial charge in [0.2, 0.25) is 0 Å². The zero-order valence-corrected chi connectivity index (χ0v) is 9.59. The van der Waals surface area contributed by atoms with Crippen LogP contribution in [0.5, 0.6) is 0 Å². The Morgan fingerprint density at radius 1 is 1.47 bits per heavy atom. The molecule has 2 nitrogen and oxygen atoms in total.